The molecule has 10 aromatic carbocycles. The van der Waals surface area contributed by atoms with Crippen LogP contribution in [-0.4, -0.2) is 0 Å². The number of rotatable bonds is 10. The molecule has 0 aliphatic heterocycles. The number of anilines is 6. The molecule has 0 heterocycles. The van der Waals surface area contributed by atoms with Gasteiger partial charge in [-0.3, -0.25) is 0 Å². The quantitative estimate of drug-likeness (QED) is 0.135. The van der Waals surface area contributed by atoms with E-state index in [1.54, 1.807) is 0 Å². The summed E-state index contributed by atoms with van der Waals surface area (Å²) >= 11 is 0. The topological polar surface area (TPSA) is 6.48 Å². The molecule has 2 nitrogen and oxygen atoms in total. The third-order valence-corrected chi connectivity index (χ3v) is 18.9. The van der Waals surface area contributed by atoms with Crippen LogP contribution >= 0.6 is 0 Å². The summed E-state index contributed by atoms with van der Waals surface area (Å²) < 4.78 is 0. The van der Waals surface area contributed by atoms with Crippen molar-refractivity contribution in [2.75, 3.05) is 9.80 Å². The van der Waals surface area contributed by atoms with Crippen molar-refractivity contribution in [2.45, 2.75) is 84.0 Å². The fraction of sp³-hybridized carbons (Fsp3) is 0.165. The number of para-hydroxylation sites is 1. The van der Waals surface area contributed by atoms with Crippen LogP contribution in [0.15, 0.2) is 249 Å². The third kappa shape index (κ3) is 7.60. The maximum absolute atomic E-state index is 4.30. The molecule has 81 heavy (non-hydrogen) atoms. The maximum atomic E-state index is 4.30. The fourth-order valence-electron chi connectivity index (χ4n) is 14.6. The van der Waals surface area contributed by atoms with E-state index in [1.807, 2.05) is 0 Å². The molecule has 4 aliphatic carbocycles. The monoisotopic (exact) mass is 1040 g/mol. The second-order valence-electron chi connectivity index (χ2n) is 24.9. The van der Waals surface area contributed by atoms with Gasteiger partial charge in [-0.1, -0.05) is 214 Å². The Labute approximate surface area is 479 Å². The zero-order chi connectivity index (χ0) is 55.7. The Bertz CT molecular complexity index is 4320. The highest BCUT2D eigenvalue weighted by atomic mass is 15.1. The van der Waals surface area contributed by atoms with Crippen molar-refractivity contribution in [1.82, 2.24) is 0 Å². The Morgan fingerprint density at radius 3 is 1.11 bits per heavy atom. The van der Waals surface area contributed by atoms with Gasteiger partial charge in [0.1, 0.15) is 0 Å². The van der Waals surface area contributed by atoms with Crippen LogP contribution in [0.25, 0.3) is 61.2 Å². The van der Waals surface area contributed by atoms with Gasteiger partial charge in [-0.25, -0.2) is 0 Å². The van der Waals surface area contributed by atoms with E-state index in [-0.39, 0.29) is 21.7 Å². The minimum absolute atomic E-state index is 0.103. The van der Waals surface area contributed by atoms with Crippen molar-refractivity contribution in [3.63, 3.8) is 0 Å². The van der Waals surface area contributed by atoms with Gasteiger partial charge in [0.05, 0.1) is 0 Å². The minimum atomic E-state index is -0.237. The maximum Gasteiger partial charge on any atom is 0.0467 e. The van der Waals surface area contributed by atoms with Gasteiger partial charge in [0, 0.05) is 55.8 Å². The van der Waals surface area contributed by atoms with Crippen molar-refractivity contribution in [2.24, 2.45) is 0 Å². The molecule has 0 unspecified atom stereocenters. The van der Waals surface area contributed by atoms with Crippen LogP contribution in [0.4, 0.5) is 34.1 Å². The minimum Gasteiger partial charge on any atom is -0.310 e. The molecule has 0 spiro atoms. The highest BCUT2D eigenvalue weighted by Gasteiger charge is 2.40. The first-order valence-electron chi connectivity index (χ1n) is 28.9. The van der Waals surface area contributed by atoms with Gasteiger partial charge in [0.2, 0.25) is 0 Å². The number of nitrogens with zero attached hydrogens (tertiary/aromatic N) is 2. The lowest BCUT2D eigenvalue weighted by Gasteiger charge is -2.30. The first-order chi connectivity index (χ1) is 39.1. The summed E-state index contributed by atoms with van der Waals surface area (Å²) in [6.45, 7) is 25.4. The van der Waals surface area contributed by atoms with Crippen LogP contribution < -0.4 is 9.80 Å². The van der Waals surface area contributed by atoms with E-state index in [4.69, 9.17) is 0 Å². The predicted molar refractivity (Wildman–Crippen MR) is 344 cm³/mol. The Morgan fingerprint density at radius 1 is 0.296 bits per heavy atom. The van der Waals surface area contributed by atoms with E-state index >= 15 is 0 Å². The number of hydrogen-bond acceptors (Lipinski definition) is 2. The summed E-state index contributed by atoms with van der Waals surface area (Å²) in [5, 5.41) is 0. The molecular weight excluding hydrogens is 977 g/mol. The Morgan fingerprint density at radius 2 is 0.642 bits per heavy atom. The molecule has 10 aromatic rings. The van der Waals surface area contributed by atoms with Gasteiger partial charge in [0.15, 0.2) is 0 Å². The molecule has 0 saturated carbocycles. The molecule has 0 amide bonds. The second kappa shape index (κ2) is 18.3. The molecule has 4 aliphatic rings. The van der Waals surface area contributed by atoms with Gasteiger partial charge in [-0.15, -0.1) is 0 Å². The van der Waals surface area contributed by atoms with Crippen molar-refractivity contribution in [1.29, 1.82) is 0 Å². The molecule has 0 fully saturated rings. The van der Waals surface area contributed by atoms with E-state index in [0.29, 0.717) is 0 Å². The van der Waals surface area contributed by atoms with Gasteiger partial charge in [0.25, 0.3) is 0 Å². The van der Waals surface area contributed by atoms with Gasteiger partial charge < -0.3 is 9.80 Å². The van der Waals surface area contributed by atoms with Crippen LogP contribution in [0.5, 0.6) is 0 Å². The number of benzene rings is 10. The zero-order valence-corrected chi connectivity index (χ0v) is 48.1. The number of allylic oxidation sites excluding steroid dienone is 5. The largest absolute Gasteiger partial charge is 0.310 e. The fourth-order valence-corrected chi connectivity index (χ4v) is 14.6. The second-order valence-corrected chi connectivity index (χ2v) is 24.9. The van der Waals surface area contributed by atoms with E-state index in [9.17, 15) is 0 Å². The molecule has 394 valence electrons. The zero-order valence-electron chi connectivity index (χ0n) is 48.1. The van der Waals surface area contributed by atoms with Crippen molar-refractivity contribution in [3.8, 4) is 55.6 Å². The molecule has 0 N–H and O–H groups in total. The summed E-state index contributed by atoms with van der Waals surface area (Å²) in [4.78, 5) is 4.90. The number of fused-ring (bicyclic) bond motifs is 10. The van der Waals surface area contributed by atoms with Crippen LogP contribution in [0.1, 0.15) is 107 Å². The van der Waals surface area contributed by atoms with E-state index in [1.165, 1.54) is 111 Å². The average molecular weight is 1050 g/mol. The lowest BCUT2D eigenvalue weighted by atomic mass is 9.80. The molecule has 0 radical (unpaired) electrons. The van der Waals surface area contributed by atoms with Crippen LogP contribution in [0.2, 0.25) is 0 Å². The summed E-state index contributed by atoms with van der Waals surface area (Å²) in [6, 6.07) is 82.5. The van der Waals surface area contributed by atoms with E-state index < -0.39 is 0 Å². The van der Waals surface area contributed by atoms with Crippen molar-refractivity contribution < 1.29 is 0 Å². The lowest BCUT2D eigenvalue weighted by Crippen LogP contribution is -2.18. The smallest absolute Gasteiger partial charge is 0.0467 e. The average Bonchev–Trinajstić information content (AvgIpc) is 3.91. The highest BCUT2D eigenvalue weighted by molar-refractivity contribution is 5.93. The van der Waals surface area contributed by atoms with Gasteiger partial charge in [-0.2, -0.15) is 0 Å². The van der Waals surface area contributed by atoms with Crippen LogP contribution in [0.3, 0.4) is 0 Å². The Kier molecular flexibility index (Phi) is 11.3. The molecule has 2 heteroatoms. The molecule has 0 atom stereocenters. The third-order valence-electron chi connectivity index (χ3n) is 18.9. The predicted octanol–water partition coefficient (Wildman–Crippen LogP) is 21.7. The van der Waals surface area contributed by atoms with E-state index in [0.717, 1.165) is 34.1 Å². The summed E-state index contributed by atoms with van der Waals surface area (Å²) in [5.41, 5.74) is 32.1. The summed E-state index contributed by atoms with van der Waals surface area (Å²) in [7, 11) is 0. The Balaban J connectivity index is 0.820. The summed E-state index contributed by atoms with van der Waals surface area (Å²) in [6.07, 6.45) is 6.45. The van der Waals surface area contributed by atoms with Gasteiger partial charge in [-0.05, 0) is 203 Å². The lowest BCUT2D eigenvalue weighted by molar-refractivity contribution is 0.654. The van der Waals surface area contributed by atoms with Crippen molar-refractivity contribution in [3.05, 3.63) is 293 Å². The molecule has 14 rings (SSSR count). The standard InChI is InChI=1S/C79H68N2/c1-11-22-60-65-40-36-58(48-73(65)76(3,4)68(60)12-2)81(59-37-42-67-62-30-17-19-32-70(62)78(7,8)75(67)49-59)56-28-21-24-51(44-56)53-34-39-64-63-38-33-52(45-71(63)79(9,10)72(64)46-53)50-23-20-27-55(43-50)80(54-25-14-13-15-26-54)57-35-41-66-61-29-16-18-31-69(61)77(5,6)74(66)47-57/h11-49H,2H2,1,3-10H3/b22-11-. The molecule has 0 aromatic heterocycles. The van der Waals surface area contributed by atoms with Crippen molar-refractivity contribution >= 4 is 39.7 Å². The SMILES string of the molecule is C=CC1=C(/C=C\C)c2ccc(N(c3cccc(-c4ccc5c(c4)C(C)(C)c4cc(-c6cccc(N(c7ccccc7)c7ccc8c(c7)C(C)(C)c7ccccc7-8)c6)ccc4-5)c3)c3ccc4c(c3)C(C)(C)c3ccccc3-4)cc2C1(C)C. The highest BCUT2D eigenvalue weighted by Crippen LogP contribution is 2.56. The molecule has 0 bridgehead atoms. The van der Waals surface area contributed by atoms with E-state index in [2.05, 4.69) is 315 Å². The summed E-state index contributed by atoms with van der Waals surface area (Å²) in [5.74, 6) is 0. The van der Waals surface area contributed by atoms with Crippen LogP contribution in [0, 0.1) is 0 Å². The first-order valence-corrected chi connectivity index (χ1v) is 28.9. The van der Waals surface area contributed by atoms with Crippen LogP contribution in [-0.2, 0) is 21.7 Å². The number of hydrogen-bond donors (Lipinski definition) is 0. The van der Waals surface area contributed by atoms with Gasteiger partial charge >= 0.3 is 0 Å². The first kappa shape index (κ1) is 50.3. The Hall–Kier alpha value is -8.98. The molecular formula is C79H68N2. The normalized spacial score (nSPS) is 15.8. The molecule has 0 saturated heterocycles.